The number of aromatic nitrogens is 1. The SMILES string of the molecule is Cc1cccc(CCn2c(O)csc2=S)c1. The van der Waals surface area contributed by atoms with E-state index in [2.05, 4.69) is 31.2 Å². The summed E-state index contributed by atoms with van der Waals surface area (Å²) in [6, 6.07) is 8.39. The summed E-state index contributed by atoms with van der Waals surface area (Å²) in [6.45, 7) is 2.81. The Hall–Kier alpha value is -1.13. The fourth-order valence-electron chi connectivity index (χ4n) is 1.64. The van der Waals surface area contributed by atoms with Crippen molar-refractivity contribution in [2.24, 2.45) is 0 Å². The maximum Gasteiger partial charge on any atom is 0.202 e. The highest BCUT2D eigenvalue weighted by molar-refractivity contribution is 7.73. The molecule has 0 amide bonds. The van der Waals surface area contributed by atoms with E-state index in [4.69, 9.17) is 12.2 Å². The van der Waals surface area contributed by atoms with Gasteiger partial charge in [-0.2, -0.15) is 0 Å². The first-order chi connectivity index (χ1) is 7.66. The summed E-state index contributed by atoms with van der Waals surface area (Å²) < 4.78 is 2.49. The van der Waals surface area contributed by atoms with Crippen molar-refractivity contribution in [2.75, 3.05) is 0 Å². The zero-order chi connectivity index (χ0) is 11.5. The quantitative estimate of drug-likeness (QED) is 0.844. The molecule has 1 heterocycles. The van der Waals surface area contributed by atoms with E-state index in [-0.39, 0.29) is 5.88 Å². The zero-order valence-corrected chi connectivity index (χ0v) is 10.6. The Balaban J connectivity index is 2.11. The van der Waals surface area contributed by atoms with Crippen molar-refractivity contribution >= 4 is 23.6 Å². The zero-order valence-electron chi connectivity index (χ0n) is 9.01. The summed E-state index contributed by atoms with van der Waals surface area (Å²) in [5.74, 6) is 0.266. The van der Waals surface area contributed by atoms with Crippen LogP contribution in [-0.2, 0) is 13.0 Å². The van der Waals surface area contributed by atoms with E-state index in [1.807, 2.05) is 0 Å². The molecule has 0 radical (unpaired) electrons. The van der Waals surface area contributed by atoms with Crippen LogP contribution in [0.3, 0.4) is 0 Å². The summed E-state index contributed by atoms with van der Waals surface area (Å²) >= 11 is 6.53. The van der Waals surface area contributed by atoms with Crippen molar-refractivity contribution in [1.82, 2.24) is 4.57 Å². The lowest BCUT2D eigenvalue weighted by atomic mass is 10.1. The maximum absolute atomic E-state index is 9.57. The molecule has 0 fully saturated rings. The van der Waals surface area contributed by atoms with Gasteiger partial charge in [0.25, 0.3) is 0 Å². The molecule has 2 aromatic rings. The third-order valence-corrected chi connectivity index (χ3v) is 3.73. The van der Waals surface area contributed by atoms with E-state index in [0.717, 1.165) is 16.9 Å². The minimum atomic E-state index is 0.266. The van der Waals surface area contributed by atoms with Crippen molar-refractivity contribution in [3.63, 3.8) is 0 Å². The molecule has 0 bridgehead atoms. The first kappa shape index (κ1) is 11.4. The van der Waals surface area contributed by atoms with Crippen molar-refractivity contribution in [1.29, 1.82) is 0 Å². The van der Waals surface area contributed by atoms with Gasteiger partial charge in [-0.15, -0.1) is 11.3 Å². The smallest absolute Gasteiger partial charge is 0.202 e. The Bertz CT molecular complexity index is 542. The molecule has 1 N–H and O–H groups in total. The number of aromatic hydroxyl groups is 1. The molecule has 0 atom stereocenters. The van der Waals surface area contributed by atoms with Gasteiger partial charge in [0.2, 0.25) is 5.88 Å². The van der Waals surface area contributed by atoms with Crippen LogP contribution in [0.15, 0.2) is 29.6 Å². The van der Waals surface area contributed by atoms with Gasteiger partial charge in [-0.3, -0.25) is 4.57 Å². The molecular formula is C12H13NOS2. The van der Waals surface area contributed by atoms with Gasteiger partial charge >= 0.3 is 0 Å². The van der Waals surface area contributed by atoms with Gasteiger partial charge in [0.05, 0.1) is 5.38 Å². The molecule has 0 aliphatic heterocycles. The number of nitrogens with zero attached hydrogens (tertiary/aromatic N) is 1. The summed E-state index contributed by atoms with van der Waals surface area (Å²) in [5, 5.41) is 11.2. The predicted molar refractivity (Wildman–Crippen MR) is 69.7 cm³/mol. The van der Waals surface area contributed by atoms with Gasteiger partial charge in [0, 0.05) is 6.54 Å². The van der Waals surface area contributed by atoms with Gasteiger partial charge in [-0.05, 0) is 31.1 Å². The molecule has 4 heteroatoms. The van der Waals surface area contributed by atoms with Crippen molar-refractivity contribution in [3.8, 4) is 5.88 Å². The maximum atomic E-state index is 9.57. The Morgan fingerprint density at radius 1 is 1.44 bits per heavy atom. The Morgan fingerprint density at radius 2 is 2.25 bits per heavy atom. The molecule has 0 saturated carbocycles. The fraction of sp³-hybridized carbons (Fsp3) is 0.250. The highest BCUT2D eigenvalue weighted by Crippen LogP contribution is 2.18. The number of rotatable bonds is 3. The van der Waals surface area contributed by atoms with E-state index in [1.165, 1.54) is 22.5 Å². The van der Waals surface area contributed by atoms with E-state index in [9.17, 15) is 5.11 Å². The molecule has 2 nitrogen and oxygen atoms in total. The minimum Gasteiger partial charge on any atom is -0.494 e. The van der Waals surface area contributed by atoms with E-state index in [0.29, 0.717) is 0 Å². The highest BCUT2D eigenvalue weighted by atomic mass is 32.1. The molecular weight excluding hydrogens is 238 g/mol. The molecule has 0 unspecified atom stereocenters. The van der Waals surface area contributed by atoms with Crippen LogP contribution in [-0.4, -0.2) is 9.67 Å². The fourth-order valence-corrected chi connectivity index (χ4v) is 2.61. The lowest BCUT2D eigenvalue weighted by Gasteiger charge is -2.05. The monoisotopic (exact) mass is 251 g/mol. The topological polar surface area (TPSA) is 25.2 Å². The average Bonchev–Trinajstić information content (AvgIpc) is 2.56. The largest absolute Gasteiger partial charge is 0.494 e. The van der Waals surface area contributed by atoms with Crippen LogP contribution in [0.4, 0.5) is 0 Å². The normalized spacial score (nSPS) is 10.6. The first-order valence-electron chi connectivity index (χ1n) is 5.09. The molecule has 0 saturated heterocycles. The van der Waals surface area contributed by atoms with Crippen LogP contribution in [0.25, 0.3) is 0 Å². The van der Waals surface area contributed by atoms with Crippen LogP contribution in [0.2, 0.25) is 0 Å². The third kappa shape index (κ3) is 2.51. The number of benzene rings is 1. The summed E-state index contributed by atoms with van der Waals surface area (Å²) in [5.41, 5.74) is 2.53. The van der Waals surface area contributed by atoms with Gasteiger partial charge in [0.15, 0.2) is 3.95 Å². The Kier molecular flexibility index (Phi) is 3.41. The Morgan fingerprint density at radius 3 is 2.88 bits per heavy atom. The lowest BCUT2D eigenvalue weighted by Crippen LogP contribution is -2.00. The molecule has 1 aromatic heterocycles. The van der Waals surface area contributed by atoms with E-state index in [1.54, 1.807) is 9.95 Å². The van der Waals surface area contributed by atoms with E-state index < -0.39 is 0 Å². The van der Waals surface area contributed by atoms with Crippen LogP contribution in [0.1, 0.15) is 11.1 Å². The van der Waals surface area contributed by atoms with E-state index >= 15 is 0 Å². The van der Waals surface area contributed by atoms with Gasteiger partial charge in [-0.1, -0.05) is 29.8 Å². The van der Waals surface area contributed by atoms with Crippen LogP contribution in [0, 0.1) is 10.9 Å². The van der Waals surface area contributed by atoms with Crippen LogP contribution in [0.5, 0.6) is 5.88 Å². The standard InChI is InChI=1S/C12H13NOS2/c1-9-3-2-4-10(7-9)5-6-13-11(14)8-16-12(13)15/h2-4,7-8,14H,5-6H2,1H3. The molecule has 0 aliphatic carbocycles. The van der Waals surface area contributed by atoms with Crippen molar-refractivity contribution < 1.29 is 5.11 Å². The second kappa shape index (κ2) is 4.80. The second-order valence-electron chi connectivity index (χ2n) is 3.75. The third-order valence-electron chi connectivity index (χ3n) is 2.47. The Labute approximate surface area is 104 Å². The molecule has 1 aromatic carbocycles. The molecule has 0 aliphatic rings. The lowest BCUT2D eigenvalue weighted by molar-refractivity contribution is 0.415. The van der Waals surface area contributed by atoms with Crippen molar-refractivity contribution in [3.05, 3.63) is 44.7 Å². The minimum absolute atomic E-state index is 0.266. The average molecular weight is 251 g/mol. The number of hydrogen-bond donors (Lipinski definition) is 1. The van der Waals surface area contributed by atoms with Gasteiger partial charge in [0.1, 0.15) is 0 Å². The molecule has 0 spiro atoms. The molecule has 16 heavy (non-hydrogen) atoms. The summed E-state index contributed by atoms with van der Waals surface area (Å²) in [7, 11) is 0. The molecule has 84 valence electrons. The molecule has 2 rings (SSSR count). The first-order valence-corrected chi connectivity index (χ1v) is 6.38. The number of thiazole rings is 1. The second-order valence-corrected chi connectivity index (χ2v) is 5.25. The predicted octanol–water partition coefficient (Wildman–Crippen LogP) is 3.54. The van der Waals surface area contributed by atoms with Crippen LogP contribution >= 0.6 is 23.6 Å². The van der Waals surface area contributed by atoms with Crippen LogP contribution < -0.4 is 0 Å². The van der Waals surface area contributed by atoms with Gasteiger partial charge < -0.3 is 5.11 Å². The summed E-state index contributed by atoms with van der Waals surface area (Å²) in [6.07, 6.45) is 0.889. The summed E-state index contributed by atoms with van der Waals surface area (Å²) in [4.78, 5) is 0. The number of aryl methyl sites for hydroxylation is 2. The highest BCUT2D eigenvalue weighted by Gasteiger charge is 2.02. The number of hydrogen-bond acceptors (Lipinski definition) is 3. The van der Waals surface area contributed by atoms with Crippen molar-refractivity contribution in [2.45, 2.75) is 19.9 Å². The van der Waals surface area contributed by atoms with Gasteiger partial charge in [-0.25, -0.2) is 0 Å².